The monoisotopic (exact) mass is 140 g/mol. The Morgan fingerprint density at radius 1 is 1.50 bits per heavy atom. The van der Waals surface area contributed by atoms with Gasteiger partial charge >= 0.3 is 0 Å². The Balaban J connectivity index is 2.81. The fraction of sp³-hybridized carbons (Fsp3) is 0.571. The number of imidazole rings is 1. The lowest BCUT2D eigenvalue weighted by Gasteiger charge is -1.96. The van der Waals surface area contributed by atoms with Crippen LogP contribution in [0.1, 0.15) is 18.4 Å². The first-order chi connectivity index (χ1) is 4.74. The molecule has 1 aromatic rings. The summed E-state index contributed by atoms with van der Waals surface area (Å²) in [5.74, 6) is 1.63. The highest BCUT2D eigenvalue weighted by Gasteiger charge is 2.01. The minimum Gasteiger partial charge on any atom is -0.477 e. The molecule has 0 aliphatic heterocycles. The Kier molecular flexibility index (Phi) is 1.94. The first kappa shape index (κ1) is 7.12. The molecule has 0 spiro atoms. The normalized spacial score (nSPS) is 9.90. The zero-order valence-corrected chi connectivity index (χ0v) is 6.56. The van der Waals surface area contributed by atoms with Gasteiger partial charge in [0.25, 0.3) is 0 Å². The lowest BCUT2D eigenvalue weighted by atomic mass is 10.5. The second-order valence-electron chi connectivity index (χ2n) is 2.19. The molecule has 0 fully saturated rings. The number of rotatable bonds is 2. The van der Waals surface area contributed by atoms with E-state index in [2.05, 4.69) is 9.97 Å². The second kappa shape index (κ2) is 2.73. The van der Waals surface area contributed by atoms with E-state index in [4.69, 9.17) is 4.74 Å². The molecule has 0 radical (unpaired) electrons. The van der Waals surface area contributed by atoms with Crippen LogP contribution in [0.15, 0.2) is 0 Å². The van der Waals surface area contributed by atoms with Gasteiger partial charge in [0.05, 0.1) is 12.3 Å². The maximum absolute atomic E-state index is 5.22. The minimum absolute atomic E-state index is 0.672. The zero-order chi connectivity index (χ0) is 7.56. The SMILES string of the molecule is CCOc1nc(C)[nH]c1C. The fourth-order valence-corrected chi connectivity index (χ4v) is 0.866. The highest BCUT2D eigenvalue weighted by molar-refractivity contribution is 5.18. The Labute approximate surface area is 60.4 Å². The largest absolute Gasteiger partial charge is 0.477 e. The fourth-order valence-electron chi connectivity index (χ4n) is 0.866. The molecule has 0 amide bonds. The van der Waals surface area contributed by atoms with Gasteiger partial charge in [-0.05, 0) is 20.8 Å². The molecule has 3 heteroatoms. The van der Waals surface area contributed by atoms with Crippen LogP contribution in [0.5, 0.6) is 5.88 Å². The number of aromatic amines is 1. The van der Waals surface area contributed by atoms with Crippen molar-refractivity contribution >= 4 is 0 Å². The van der Waals surface area contributed by atoms with Gasteiger partial charge in [-0.25, -0.2) is 0 Å². The molecule has 1 rings (SSSR count). The van der Waals surface area contributed by atoms with Crippen molar-refractivity contribution in [2.45, 2.75) is 20.8 Å². The number of hydrogen-bond donors (Lipinski definition) is 1. The van der Waals surface area contributed by atoms with E-state index < -0.39 is 0 Å². The molecular formula is C7H12N2O. The van der Waals surface area contributed by atoms with Gasteiger partial charge in [0.1, 0.15) is 5.82 Å². The van der Waals surface area contributed by atoms with E-state index in [1.54, 1.807) is 0 Å². The summed E-state index contributed by atoms with van der Waals surface area (Å²) in [6, 6.07) is 0. The predicted molar refractivity (Wildman–Crippen MR) is 39.2 cm³/mol. The number of aromatic nitrogens is 2. The van der Waals surface area contributed by atoms with Gasteiger partial charge in [0, 0.05) is 0 Å². The maximum atomic E-state index is 5.22. The lowest BCUT2D eigenvalue weighted by Crippen LogP contribution is -1.92. The van der Waals surface area contributed by atoms with Crippen LogP contribution in [0.2, 0.25) is 0 Å². The highest BCUT2D eigenvalue weighted by Crippen LogP contribution is 2.12. The van der Waals surface area contributed by atoms with Crippen molar-refractivity contribution in [2.24, 2.45) is 0 Å². The van der Waals surface area contributed by atoms with Gasteiger partial charge in [-0.2, -0.15) is 4.98 Å². The molecule has 0 aliphatic carbocycles. The molecule has 10 heavy (non-hydrogen) atoms. The van der Waals surface area contributed by atoms with Crippen LogP contribution in [0.4, 0.5) is 0 Å². The van der Waals surface area contributed by atoms with E-state index in [0.717, 1.165) is 17.4 Å². The third-order valence-electron chi connectivity index (χ3n) is 1.24. The van der Waals surface area contributed by atoms with Crippen LogP contribution < -0.4 is 4.74 Å². The summed E-state index contributed by atoms with van der Waals surface area (Å²) in [5, 5.41) is 0. The molecule has 56 valence electrons. The predicted octanol–water partition coefficient (Wildman–Crippen LogP) is 1.43. The van der Waals surface area contributed by atoms with Crippen molar-refractivity contribution in [3.05, 3.63) is 11.5 Å². The number of aryl methyl sites for hydroxylation is 2. The average molecular weight is 140 g/mol. The van der Waals surface area contributed by atoms with Crippen LogP contribution in [-0.2, 0) is 0 Å². The molecule has 1 aromatic heterocycles. The summed E-state index contributed by atoms with van der Waals surface area (Å²) < 4.78 is 5.22. The summed E-state index contributed by atoms with van der Waals surface area (Å²) in [6.07, 6.45) is 0. The van der Waals surface area contributed by atoms with Crippen molar-refractivity contribution in [3.63, 3.8) is 0 Å². The lowest BCUT2D eigenvalue weighted by molar-refractivity contribution is 0.326. The van der Waals surface area contributed by atoms with Gasteiger partial charge in [0.15, 0.2) is 0 Å². The summed E-state index contributed by atoms with van der Waals surface area (Å²) in [4.78, 5) is 7.18. The van der Waals surface area contributed by atoms with Gasteiger partial charge in [0.2, 0.25) is 5.88 Å². The summed E-state index contributed by atoms with van der Waals surface area (Å²) >= 11 is 0. The van der Waals surface area contributed by atoms with Crippen molar-refractivity contribution in [1.82, 2.24) is 9.97 Å². The van der Waals surface area contributed by atoms with Gasteiger partial charge in [-0.1, -0.05) is 0 Å². The van der Waals surface area contributed by atoms with E-state index in [1.807, 2.05) is 20.8 Å². The van der Waals surface area contributed by atoms with Gasteiger partial charge in [-0.3, -0.25) is 0 Å². The van der Waals surface area contributed by atoms with Crippen LogP contribution in [0.25, 0.3) is 0 Å². The number of ether oxygens (including phenoxy) is 1. The van der Waals surface area contributed by atoms with E-state index in [9.17, 15) is 0 Å². The molecule has 0 unspecified atom stereocenters. The van der Waals surface area contributed by atoms with E-state index in [0.29, 0.717) is 6.61 Å². The third kappa shape index (κ3) is 1.29. The van der Waals surface area contributed by atoms with E-state index in [-0.39, 0.29) is 0 Å². The summed E-state index contributed by atoms with van der Waals surface area (Å²) in [7, 11) is 0. The van der Waals surface area contributed by atoms with Crippen LogP contribution in [-0.4, -0.2) is 16.6 Å². The van der Waals surface area contributed by atoms with Crippen LogP contribution >= 0.6 is 0 Å². The Morgan fingerprint density at radius 3 is 2.60 bits per heavy atom. The molecule has 1 N–H and O–H groups in total. The number of nitrogens with one attached hydrogen (secondary N) is 1. The molecular weight excluding hydrogens is 128 g/mol. The quantitative estimate of drug-likeness (QED) is 0.674. The number of nitrogens with zero attached hydrogens (tertiary/aromatic N) is 1. The minimum atomic E-state index is 0.672. The van der Waals surface area contributed by atoms with Crippen molar-refractivity contribution in [3.8, 4) is 5.88 Å². The average Bonchev–Trinajstić information content (AvgIpc) is 2.13. The summed E-state index contributed by atoms with van der Waals surface area (Å²) in [5.41, 5.74) is 0.999. The molecule has 0 saturated heterocycles. The van der Waals surface area contributed by atoms with Crippen LogP contribution in [0.3, 0.4) is 0 Å². The van der Waals surface area contributed by atoms with Crippen LogP contribution in [0, 0.1) is 13.8 Å². The molecule has 0 aromatic carbocycles. The Morgan fingerprint density at radius 2 is 2.20 bits per heavy atom. The Hall–Kier alpha value is -0.990. The third-order valence-corrected chi connectivity index (χ3v) is 1.24. The van der Waals surface area contributed by atoms with Crippen molar-refractivity contribution in [1.29, 1.82) is 0 Å². The Bertz CT molecular complexity index is 217. The van der Waals surface area contributed by atoms with E-state index >= 15 is 0 Å². The van der Waals surface area contributed by atoms with Gasteiger partial charge < -0.3 is 9.72 Å². The molecule has 3 nitrogen and oxygen atoms in total. The first-order valence-corrected chi connectivity index (χ1v) is 3.40. The standard InChI is InChI=1S/C7H12N2O/c1-4-10-7-5(2)8-6(3)9-7/h4H2,1-3H3,(H,8,9). The zero-order valence-electron chi connectivity index (χ0n) is 6.56. The van der Waals surface area contributed by atoms with E-state index in [1.165, 1.54) is 0 Å². The molecule has 0 aliphatic rings. The topological polar surface area (TPSA) is 37.9 Å². The summed E-state index contributed by atoms with van der Waals surface area (Å²) in [6.45, 7) is 6.48. The molecule has 0 bridgehead atoms. The molecule has 1 heterocycles. The molecule has 0 saturated carbocycles. The number of H-pyrrole nitrogens is 1. The number of hydrogen-bond acceptors (Lipinski definition) is 2. The highest BCUT2D eigenvalue weighted by atomic mass is 16.5. The maximum Gasteiger partial charge on any atom is 0.234 e. The first-order valence-electron chi connectivity index (χ1n) is 3.40. The smallest absolute Gasteiger partial charge is 0.234 e. The van der Waals surface area contributed by atoms with Crippen molar-refractivity contribution in [2.75, 3.05) is 6.61 Å². The van der Waals surface area contributed by atoms with Crippen molar-refractivity contribution < 1.29 is 4.74 Å². The second-order valence-corrected chi connectivity index (χ2v) is 2.19. The molecule has 0 atom stereocenters. The van der Waals surface area contributed by atoms with Gasteiger partial charge in [-0.15, -0.1) is 0 Å².